The maximum atomic E-state index is 10.7. The molecule has 84 valence electrons. The zero-order chi connectivity index (χ0) is 11.9. The fourth-order valence-electron chi connectivity index (χ4n) is 0.922. The summed E-state index contributed by atoms with van der Waals surface area (Å²) in [6.07, 6.45) is 0. The van der Waals surface area contributed by atoms with Crippen LogP contribution in [0.3, 0.4) is 0 Å². The Balaban J connectivity index is 0.00000225. The summed E-state index contributed by atoms with van der Waals surface area (Å²) in [5.41, 5.74) is 4.72. The number of anilines is 1. The third kappa shape index (κ3) is 3.70. The summed E-state index contributed by atoms with van der Waals surface area (Å²) in [6, 6.07) is 2.33. The zero-order valence-electron chi connectivity index (χ0n) is 8.15. The van der Waals surface area contributed by atoms with Crippen molar-refractivity contribution in [2.45, 2.75) is 9.79 Å². The molecule has 0 atom stereocenters. The molecule has 0 bridgehead atoms. The van der Waals surface area contributed by atoms with Crippen molar-refractivity contribution < 1.29 is 55.5 Å². The van der Waals surface area contributed by atoms with Crippen molar-refractivity contribution in [3.05, 3.63) is 18.2 Å². The molecule has 0 aliphatic carbocycles. The van der Waals surface area contributed by atoms with Crippen LogP contribution in [0.25, 0.3) is 0 Å². The Labute approximate surface area is 114 Å². The molecule has 0 aromatic heterocycles. The van der Waals surface area contributed by atoms with Crippen molar-refractivity contribution in [3.8, 4) is 0 Å². The van der Waals surface area contributed by atoms with Gasteiger partial charge in [-0.05, 0) is 18.2 Å². The maximum Gasteiger partial charge on any atom is 1.00 e. The van der Waals surface area contributed by atoms with Crippen molar-refractivity contribution in [1.82, 2.24) is 0 Å². The smallest absolute Gasteiger partial charge is 0.398 e. The molecule has 10 heteroatoms. The van der Waals surface area contributed by atoms with E-state index in [0.29, 0.717) is 0 Å². The van der Waals surface area contributed by atoms with E-state index < -0.39 is 35.7 Å². The van der Waals surface area contributed by atoms with Gasteiger partial charge in [0, 0.05) is 0 Å². The van der Waals surface area contributed by atoms with Gasteiger partial charge in [0.1, 0.15) is 4.90 Å². The van der Waals surface area contributed by atoms with E-state index in [1.807, 2.05) is 0 Å². The quantitative estimate of drug-likeness (QED) is 0.293. The average molecular weight is 276 g/mol. The van der Waals surface area contributed by atoms with Crippen molar-refractivity contribution >= 4 is 25.9 Å². The van der Waals surface area contributed by atoms with Crippen LogP contribution in [0.2, 0.25) is 0 Å². The van der Waals surface area contributed by atoms with Crippen molar-refractivity contribution in [2.24, 2.45) is 0 Å². The number of nitrogens with two attached hydrogens (primary N) is 1. The molecule has 1 rings (SSSR count). The van der Waals surface area contributed by atoms with Crippen LogP contribution in [-0.4, -0.2) is 25.9 Å². The van der Waals surface area contributed by atoms with Gasteiger partial charge in [-0.2, -0.15) is 16.8 Å². The van der Waals surface area contributed by atoms with Crippen LogP contribution in [0.1, 0.15) is 0 Å². The molecule has 0 saturated carbocycles. The van der Waals surface area contributed by atoms with Crippen LogP contribution in [0.15, 0.2) is 28.0 Å². The molecule has 4 N–H and O–H groups in total. The summed E-state index contributed by atoms with van der Waals surface area (Å²) in [7, 11) is -8.94. The largest absolute Gasteiger partial charge is 1.00 e. The second kappa shape index (κ2) is 5.00. The Hall–Kier alpha value is -0.160. The molecule has 0 unspecified atom stereocenters. The van der Waals surface area contributed by atoms with Crippen LogP contribution >= 0.6 is 0 Å². The third-order valence-corrected chi connectivity index (χ3v) is 3.33. The van der Waals surface area contributed by atoms with Gasteiger partial charge in [0.25, 0.3) is 20.2 Å². The molecule has 0 saturated heterocycles. The summed E-state index contributed by atoms with van der Waals surface area (Å²) >= 11 is 0. The van der Waals surface area contributed by atoms with E-state index in [1.54, 1.807) is 0 Å². The number of hydrogen-bond acceptors (Lipinski definition) is 5. The maximum absolute atomic E-state index is 10.7. The van der Waals surface area contributed by atoms with Gasteiger partial charge >= 0.3 is 29.6 Å². The second-order valence-corrected chi connectivity index (χ2v) is 5.46. The first kappa shape index (κ1) is 15.8. The van der Waals surface area contributed by atoms with Crippen LogP contribution < -0.4 is 35.3 Å². The molecular formula is C6H7NNaO6S2+. The van der Waals surface area contributed by atoms with Gasteiger partial charge in [-0.1, -0.05) is 0 Å². The fourth-order valence-corrected chi connectivity index (χ4v) is 2.03. The Morgan fingerprint density at radius 3 is 1.81 bits per heavy atom. The minimum absolute atomic E-state index is 0. The zero-order valence-corrected chi connectivity index (χ0v) is 11.8. The van der Waals surface area contributed by atoms with Gasteiger partial charge in [-0.3, -0.25) is 9.11 Å². The van der Waals surface area contributed by atoms with Gasteiger partial charge in [0.15, 0.2) is 0 Å². The summed E-state index contributed by atoms with van der Waals surface area (Å²) in [6.45, 7) is 0. The molecule has 0 aliphatic rings. The minimum atomic E-state index is -4.50. The molecule has 1 aromatic carbocycles. The van der Waals surface area contributed by atoms with Gasteiger partial charge in [-0.25, -0.2) is 0 Å². The predicted octanol–water partition coefficient (Wildman–Crippen LogP) is -3.23. The Kier molecular flexibility index (Phi) is 4.95. The monoisotopic (exact) mass is 276 g/mol. The summed E-state index contributed by atoms with van der Waals surface area (Å²) in [5.74, 6) is 0. The SMILES string of the molecule is Nc1cc(S(=O)(=O)O)ccc1S(=O)(=O)O.[Na+]. The first-order valence-electron chi connectivity index (χ1n) is 3.47. The van der Waals surface area contributed by atoms with E-state index >= 15 is 0 Å². The molecule has 7 nitrogen and oxygen atoms in total. The first-order valence-corrected chi connectivity index (χ1v) is 6.35. The molecule has 1 aromatic rings. The Bertz CT molecular complexity index is 593. The van der Waals surface area contributed by atoms with Gasteiger partial charge in [-0.15, -0.1) is 0 Å². The number of nitrogen functional groups attached to an aromatic ring is 1. The molecule has 0 spiro atoms. The first-order chi connectivity index (χ1) is 6.62. The van der Waals surface area contributed by atoms with Crippen molar-refractivity contribution in [2.75, 3.05) is 5.73 Å². The average Bonchev–Trinajstić information content (AvgIpc) is 1.99. The van der Waals surface area contributed by atoms with Crippen molar-refractivity contribution in [1.29, 1.82) is 0 Å². The van der Waals surface area contributed by atoms with Crippen LogP contribution in [0, 0.1) is 0 Å². The fraction of sp³-hybridized carbons (Fsp3) is 0. The molecule has 0 fully saturated rings. The van der Waals surface area contributed by atoms with E-state index in [9.17, 15) is 16.8 Å². The van der Waals surface area contributed by atoms with E-state index in [0.717, 1.165) is 18.2 Å². The third-order valence-electron chi connectivity index (χ3n) is 1.56. The molecule has 0 radical (unpaired) electrons. The topological polar surface area (TPSA) is 135 Å². The van der Waals surface area contributed by atoms with E-state index in [2.05, 4.69) is 0 Å². The van der Waals surface area contributed by atoms with Crippen LogP contribution in [0.4, 0.5) is 5.69 Å². The molecule has 0 amide bonds. The van der Waals surface area contributed by atoms with Gasteiger partial charge in [0.05, 0.1) is 10.6 Å². The summed E-state index contributed by atoms with van der Waals surface area (Å²) in [4.78, 5) is -1.16. The molecule has 0 aliphatic heterocycles. The molecule has 0 heterocycles. The van der Waals surface area contributed by atoms with E-state index in [1.165, 1.54) is 0 Å². The van der Waals surface area contributed by atoms with Crippen LogP contribution in [-0.2, 0) is 20.2 Å². The number of hydrogen-bond donors (Lipinski definition) is 3. The number of rotatable bonds is 2. The minimum Gasteiger partial charge on any atom is -0.398 e. The second-order valence-electron chi connectivity index (χ2n) is 2.65. The van der Waals surface area contributed by atoms with Crippen LogP contribution in [0.5, 0.6) is 0 Å². The summed E-state index contributed by atoms with van der Waals surface area (Å²) < 4.78 is 59.9. The molecule has 16 heavy (non-hydrogen) atoms. The van der Waals surface area contributed by atoms with Crippen molar-refractivity contribution in [3.63, 3.8) is 0 Å². The Morgan fingerprint density at radius 2 is 1.50 bits per heavy atom. The van der Waals surface area contributed by atoms with Gasteiger partial charge < -0.3 is 5.73 Å². The van der Waals surface area contributed by atoms with E-state index in [4.69, 9.17) is 14.8 Å². The Morgan fingerprint density at radius 1 is 1.00 bits per heavy atom. The normalized spacial score (nSPS) is 11.9. The standard InChI is InChI=1S/C6H7NO6S2.Na/c7-5-3-4(14(8,9)10)1-2-6(5)15(11,12)13;/h1-3H,7H2,(H,8,9,10)(H,11,12,13);/q;+1. The predicted molar refractivity (Wildman–Crippen MR) is 50.5 cm³/mol. The van der Waals surface area contributed by atoms with E-state index in [-0.39, 0.29) is 29.6 Å². The van der Waals surface area contributed by atoms with Gasteiger partial charge in [0.2, 0.25) is 0 Å². The molecular weight excluding hydrogens is 269 g/mol. The summed E-state index contributed by atoms with van der Waals surface area (Å²) in [5, 5.41) is 0. The number of benzene rings is 1.